The van der Waals surface area contributed by atoms with Crippen LogP contribution in [0.5, 0.6) is 5.75 Å². The lowest BCUT2D eigenvalue weighted by atomic mass is 10.0. The van der Waals surface area contributed by atoms with Gasteiger partial charge in [-0.2, -0.15) is 0 Å². The van der Waals surface area contributed by atoms with Gasteiger partial charge in [0.15, 0.2) is 29.2 Å². The molecule has 31 heavy (non-hydrogen) atoms. The normalized spacial score (nSPS) is 15.7. The fraction of sp³-hybridized carbons (Fsp3) is 0.409. The Morgan fingerprint density at radius 2 is 1.68 bits per heavy atom. The van der Waals surface area contributed by atoms with E-state index in [1.54, 1.807) is 13.1 Å². The second-order valence-electron chi connectivity index (χ2n) is 7.37. The maximum atomic E-state index is 13.4. The van der Waals surface area contributed by atoms with Crippen molar-refractivity contribution in [2.24, 2.45) is 4.99 Å². The van der Waals surface area contributed by atoms with Crippen LogP contribution in [0, 0.1) is 23.3 Å². The molecule has 2 aromatic rings. The Labute approximate surface area is 179 Å². The molecular weight excluding hydrogens is 412 g/mol. The maximum absolute atomic E-state index is 13.4. The summed E-state index contributed by atoms with van der Waals surface area (Å²) < 4.78 is 57.9. The molecular formula is C22H26F4N4O. The van der Waals surface area contributed by atoms with Crippen LogP contribution >= 0.6 is 0 Å². The van der Waals surface area contributed by atoms with Crippen molar-refractivity contribution in [2.45, 2.75) is 25.4 Å². The van der Waals surface area contributed by atoms with E-state index in [1.807, 2.05) is 0 Å². The van der Waals surface area contributed by atoms with Crippen LogP contribution < -0.4 is 15.4 Å². The monoisotopic (exact) mass is 438 g/mol. The van der Waals surface area contributed by atoms with Gasteiger partial charge in [-0.05, 0) is 42.7 Å². The summed E-state index contributed by atoms with van der Waals surface area (Å²) in [5.74, 6) is -2.62. The zero-order chi connectivity index (χ0) is 22.2. The van der Waals surface area contributed by atoms with E-state index in [1.165, 1.54) is 12.1 Å². The van der Waals surface area contributed by atoms with E-state index in [2.05, 4.69) is 20.5 Å². The summed E-state index contributed by atoms with van der Waals surface area (Å²) in [4.78, 5) is 6.40. The summed E-state index contributed by atoms with van der Waals surface area (Å²) in [6.45, 7) is 2.93. The van der Waals surface area contributed by atoms with Crippen LogP contribution in [-0.2, 0) is 6.54 Å². The first kappa shape index (κ1) is 22.9. The molecule has 0 unspecified atom stereocenters. The Bertz CT molecular complexity index is 901. The lowest BCUT2D eigenvalue weighted by Crippen LogP contribution is -2.49. The molecule has 3 rings (SSSR count). The van der Waals surface area contributed by atoms with E-state index in [9.17, 15) is 17.6 Å². The first-order chi connectivity index (χ1) is 14.9. The second kappa shape index (κ2) is 11.0. The molecule has 9 heteroatoms. The molecule has 0 aliphatic carbocycles. The molecule has 0 spiro atoms. The van der Waals surface area contributed by atoms with Crippen molar-refractivity contribution in [3.05, 3.63) is 65.2 Å². The Morgan fingerprint density at radius 1 is 1.00 bits per heavy atom. The summed E-state index contributed by atoms with van der Waals surface area (Å²) in [5.41, 5.74) is 0.754. The van der Waals surface area contributed by atoms with E-state index < -0.39 is 23.3 Å². The molecule has 0 aromatic heterocycles. The molecule has 5 nitrogen and oxygen atoms in total. The smallest absolute Gasteiger partial charge is 0.191 e. The van der Waals surface area contributed by atoms with E-state index >= 15 is 0 Å². The highest BCUT2D eigenvalue weighted by Crippen LogP contribution is 2.16. The lowest BCUT2D eigenvalue weighted by Gasteiger charge is -2.33. The van der Waals surface area contributed by atoms with E-state index in [0.717, 1.165) is 49.7 Å². The molecule has 0 bridgehead atoms. The Balaban J connectivity index is 1.36. The third-order valence-electron chi connectivity index (χ3n) is 5.10. The predicted octanol–water partition coefficient (Wildman–Crippen LogP) is 3.45. The Hall–Kier alpha value is -2.81. The van der Waals surface area contributed by atoms with Gasteiger partial charge >= 0.3 is 0 Å². The molecule has 1 saturated heterocycles. The van der Waals surface area contributed by atoms with Crippen LogP contribution in [0.15, 0.2) is 41.4 Å². The molecule has 1 fully saturated rings. The zero-order valence-corrected chi connectivity index (χ0v) is 17.3. The van der Waals surface area contributed by atoms with Crippen LogP contribution in [0.3, 0.4) is 0 Å². The van der Waals surface area contributed by atoms with Gasteiger partial charge in [0.1, 0.15) is 12.4 Å². The lowest BCUT2D eigenvalue weighted by molar-refractivity contribution is 0.198. The number of halogens is 4. The Morgan fingerprint density at radius 3 is 2.32 bits per heavy atom. The van der Waals surface area contributed by atoms with E-state index in [-0.39, 0.29) is 18.4 Å². The number of rotatable bonds is 7. The SMILES string of the molecule is CN=C(NCCOc1ccc(F)c(F)c1)NC1CCN(Cc2ccc(F)c(F)c2)CC1. The van der Waals surface area contributed by atoms with Gasteiger partial charge in [0.05, 0.1) is 6.54 Å². The molecule has 2 N–H and O–H groups in total. The van der Waals surface area contributed by atoms with Gasteiger partial charge in [0, 0.05) is 38.8 Å². The van der Waals surface area contributed by atoms with Crippen molar-refractivity contribution >= 4 is 5.96 Å². The standard InChI is InChI=1S/C22H26F4N4O/c1-27-22(28-8-11-31-17-3-5-19(24)21(26)13-17)29-16-6-9-30(10-7-16)14-15-2-4-18(23)20(25)12-15/h2-5,12-13,16H,6-11,14H2,1H3,(H2,27,28,29). The van der Waals surface area contributed by atoms with Crippen LogP contribution in [-0.4, -0.2) is 50.2 Å². The molecule has 0 atom stereocenters. The average molecular weight is 438 g/mol. The third kappa shape index (κ3) is 6.85. The van der Waals surface area contributed by atoms with Crippen LogP contribution in [0.25, 0.3) is 0 Å². The topological polar surface area (TPSA) is 48.9 Å². The molecule has 0 saturated carbocycles. The zero-order valence-electron chi connectivity index (χ0n) is 17.3. The molecule has 1 aliphatic rings. The minimum atomic E-state index is -0.946. The number of aliphatic imine (C=N–C) groups is 1. The third-order valence-corrected chi connectivity index (χ3v) is 5.10. The molecule has 0 amide bonds. The van der Waals surface area contributed by atoms with Crippen LogP contribution in [0.1, 0.15) is 18.4 Å². The van der Waals surface area contributed by atoms with E-state index in [0.29, 0.717) is 19.0 Å². The van der Waals surface area contributed by atoms with Gasteiger partial charge < -0.3 is 15.4 Å². The van der Waals surface area contributed by atoms with Gasteiger partial charge in [-0.25, -0.2) is 17.6 Å². The van der Waals surface area contributed by atoms with Crippen LogP contribution in [0.4, 0.5) is 17.6 Å². The van der Waals surface area contributed by atoms with E-state index in [4.69, 9.17) is 4.74 Å². The highest BCUT2D eigenvalue weighted by atomic mass is 19.2. The van der Waals surface area contributed by atoms with Crippen molar-refractivity contribution < 1.29 is 22.3 Å². The van der Waals surface area contributed by atoms with Crippen molar-refractivity contribution in [3.63, 3.8) is 0 Å². The average Bonchev–Trinajstić information content (AvgIpc) is 2.76. The molecule has 168 valence electrons. The molecule has 0 radical (unpaired) electrons. The quantitative estimate of drug-likeness (QED) is 0.301. The number of nitrogens with one attached hydrogen (secondary N) is 2. The van der Waals surface area contributed by atoms with Gasteiger partial charge in [-0.1, -0.05) is 6.07 Å². The van der Waals surface area contributed by atoms with Crippen molar-refractivity contribution in [1.82, 2.24) is 15.5 Å². The number of ether oxygens (including phenoxy) is 1. The first-order valence-electron chi connectivity index (χ1n) is 10.2. The predicted molar refractivity (Wildman–Crippen MR) is 111 cm³/mol. The van der Waals surface area contributed by atoms with Gasteiger partial charge in [-0.15, -0.1) is 0 Å². The Kier molecular flexibility index (Phi) is 8.11. The summed E-state index contributed by atoms with van der Waals surface area (Å²) in [6.07, 6.45) is 1.77. The number of guanidine groups is 1. The molecule has 2 aromatic carbocycles. The summed E-state index contributed by atoms with van der Waals surface area (Å²) in [6, 6.07) is 7.66. The fourth-order valence-electron chi connectivity index (χ4n) is 3.42. The summed E-state index contributed by atoms with van der Waals surface area (Å²) in [7, 11) is 1.67. The number of nitrogens with zero attached hydrogens (tertiary/aromatic N) is 2. The largest absolute Gasteiger partial charge is 0.492 e. The van der Waals surface area contributed by atoms with Crippen molar-refractivity contribution in [1.29, 1.82) is 0 Å². The first-order valence-corrected chi connectivity index (χ1v) is 10.2. The number of hydrogen-bond donors (Lipinski definition) is 2. The number of hydrogen-bond acceptors (Lipinski definition) is 3. The van der Waals surface area contributed by atoms with Crippen molar-refractivity contribution in [3.8, 4) is 5.75 Å². The number of benzene rings is 2. The highest BCUT2D eigenvalue weighted by Gasteiger charge is 2.20. The van der Waals surface area contributed by atoms with Gasteiger partial charge in [-0.3, -0.25) is 9.89 Å². The highest BCUT2D eigenvalue weighted by molar-refractivity contribution is 5.79. The summed E-state index contributed by atoms with van der Waals surface area (Å²) in [5, 5.41) is 6.49. The number of likely N-dealkylation sites (tertiary alicyclic amines) is 1. The summed E-state index contributed by atoms with van der Waals surface area (Å²) >= 11 is 0. The number of piperidine rings is 1. The fourth-order valence-corrected chi connectivity index (χ4v) is 3.42. The minimum absolute atomic E-state index is 0.236. The molecule has 1 aliphatic heterocycles. The molecule has 1 heterocycles. The van der Waals surface area contributed by atoms with Crippen LogP contribution in [0.2, 0.25) is 0 Å². The maximum Gasteiger partial charge on any atom is 0.191 e. The van der Waals surface area contributed by atoms with Gasteiger partial charge in [0.2, 0.25) is 0 Å². The minimum Gasteiger partial charge on any atom is -0.492 e. The van der Waals surface area contributed by atoms with Crippen molar-refractivity contribution in [2.75, 3.05) is 33.3 Å². The van der Waals surface area contributed by atoms with Gasteiger partial charge in [0.25, 0.3) is 0 Å². The second-order valence-corrected chi connectivity index (χ2v) is 7.37.